The SMILES string of the molecule is CC.CC(C)C.COC(=O)Nc1ccccc1C. The van der Waals surface area contributed by atoms with Crippen molar-refractivity contribution >= 4 is 11.8 Å². The van der Waals surface area contributed by atoms with E-state index in [4.69, 9.17) is 0 Å². The van der Waals surface area contributed by atoms with Gasteiger partial charge in [0.25, 0.3) is 0 Å². The van der Waals surface area contributed by atoms with Gasteiger partial charge in [-0.25, -0.2) is 4.79 Å². The molecule has 0 spiro atoms. The van der Waals surface area contributed by atoms with Crippen LogP contribution in [0.3, 0.4) is 0 Å². The van der Waals surface area contributed by atoms with Gasteiger partial charge in [0.1, 0.15) is 0 Å². The summed E-state index contributed by atoms with van der Waals surface area (Å²) in [4.78, 5) is 10.8. The lowest BCUT2D eigenvalue weighted by atomic mass is 10.2. The third-order valence-corrected chi connectivity index (χ3v) is 1.57. The second-order valence-corrected chi connectivity index (χ2v) is 4.16. The topological polar surface area (TPSA) is 38.3 Å². The van der Waals surface area contributed by atoms with E-state index in [1.54, 1.807) is 0 Å². The fourth-order valence-corrected chi connectivity index (χ4v) is 0.874. The van der Waals surface area contributed by atoms with Gasteiger partial charge in [0.05, 0.1) is 7.11 Å². The number of carbonyl (C=O) groups excluding carboxylic acids is 1. The van der Waals surface area contributed by atoms with Crippen LogP contribution in [0.15, 0.2) is 24.3 Å². The molecular formula is C15H27NO2. The van der Waals surface area contributed by atoms with Gasteiger partial charge in [0.15, 0.2) is 0 Å². The Morgan fingerprint density at radius 3 is 2.00 bits per heavy atom. The zero-order chi connectivity index (χ0) is 14.6. The van der Waals surface area contributed by atoms with E-state index in [0.717, 1.165) is 17.2 Å². The van der Waals surface area contributed by atoms with E-state index in [2.05, 4.69) is 30.8 Å². The lowest BCUT2D eigenvalue weighted by Crippen LogP contribution is -2.11. The van der Waals surface area contributed by atoms with Crippen LogP contribution >= 0.6 is 0 Å². The van der Waals surface area contributed by atoms with Gasteiger partial charge in [-0.1, -0.05) is 52.8 Å². The Hall–Kier alpha value is -1.51. The number of benzene rings is 1. The van der Waals surface area contributed by atoms with Gasteiger partial charge in [0, 0.05) is 5.69 Å². The first-order valence-electron chi connectivity index (χ1n) is 6.38. The molecule has 1 amide bonds. The van der Waals surface area contributed by atoms with Crippen LogP contribution < -0.4 is 5.32 Å². The van der Waals surface area contributed by atoms with E-state index in [1.165, 1.54) is 7.11 Å². The highest BCUT2D eigenvalue weighted by Gasteiger charge is 2.01. The maximum Gasteiger partial charge on any atom is 0.411 e. The molecule has 0 saturated heterocycles. The fourth-order valence-electron chi connectivity index (χ4n) is 0.874. The minimum Gasteiger partial charge on any atom is -0.453 e. The molecule has 1 aromatic rings. The van der Waals surface area contributed by atoms with Crippen LogP contribution in [-0.4, -0.2) is 13.2 Å². The monoisotopic (exact) mass is 253 g/mol. The first kappa shape index (κ1) is 18.8. The molecule has 0 saturated carbocycles. The van der Waals surface area contributed by atoms with Crippen molar-refractivity contribution in [1.29, 1.82) is 0 Å². The Morgan fingerprint density at radius 1 is 1.17 bits per heavy atom. The van der Waals surface area contributed by atoms with E-state index in [0.29, 0.717) is 0 Å². The first-order chi connectivity index (χ1) is 8.47. The summed E-state index contributed by atoms with van der Waals surface area (Å²) in [5.74, 6) is 0.833. The fraction of sp³-hybridized carbons (Fsp3) is 0.533. The van der Waals surface area contributed by atoms with Gasteiger partial charge in [-0.2, -0.15) is 0 Å². The third-order valence-electron chi connectivity index (χ3n) is 1.57. The minimum absolute atomic E-state index is 0.440. The Morgan fingerprint density at radius 2 is 1.61 bits per heavy atom. The molecule has 18 heavy (non-hydrogen) atoms. The molecule has 0 heterocycles. The molecule has 1 N–H and O–H groups in total. The van der Waals surface area contributed by atoms with Gasteiger partial charge < -0.3 is 4.74 Å². The normalized spacial score (nSPS) is 8.44. The van der Waals surface area contributed by atoms with Crippen LogP contribution in [-0.2, 0) is 4.74 Å². The molecule has 0 unspecified atom stereocenters. The Bertz CT molecular complexity index is 319. The van der Waals surface area contributed by atoms with Crippen molar-refractivity contribution < 1.29 is 9.53 Å². The summed E-state index contributed by atoms with van der Waals surface area (Å²) in [5, 5.41) is 2.60. The van der Waals surface area contributed by atoms with E-state index < -0.39 is 6.09 Å². The number of nitrogens with one attached hydrogen (secondary N) is 1. The molecule has 0 aromatic heterocycles. The second kappa shape index (κ2) is 12.0. The Labute approximate surface area is 112 Å². The van der Waals surface area contributed by atoms with Gasteiger partial charge >= 0.3 is 6.09 Å². The van der Waals surface area contributed by atoms with Crippen LogP contribution in [0.4, 0.5) is 10.5 Å². The second-order valence-electron chi connectivity index (χ2n) is 4.16. The third kappa shape index (κ3) is 11.0. The van der Waals surface area contributed by atoms with Gasteiger partial charge in [-0.3, -0.25) is 5.32 Å². The predicted molar refractivity (Wildman–Crippen MR) is 79.1 cm³/mol. The number of amides is 1. The maximum atomic E-state index is 10.8. The van der Waals surface area contributed by atoms with Crippen molar-refractivity contribution in [2.45, 2.75) is 41.5 Å². The Balaban J connectivity index is 0. The summed E-state index contributed by atoms with van der Waals surface area (Å²) in [6.45, 7) is 12.4. The van der Waals surface area contributed by atoms with Crippen LogP contribution in [0.25, 0.3) is 0 Å². The zero-order valence-electron chi connectivity index (χ0n) is 12.7. The molecule has 0 bridgehead atoms. The average Bonchev–Trinajstić information content (AvgIpc) is 2.34. The van der Waals surface area contributed by atoms with E-state index >= 15 is 0 Å². The number of carbonyl (C=O) groups is 1. The highest BCUT2D eigenvalue weighted by atomic mass is 16.5. The van der Waals surface area contributed by atoms with Crippen molar-refractivity contribution in [2.75, 3.05) is 12.4 Å². The summed E-state index contributed by atoms with van der Waals surface area (Å²) < 4.78 is 4.46. The van der Waals surface area contributed by atoms with Crippen LogP contribution in [0, 0.1) is 12.8 Å². The molecule has 3 nitrogen and oxygen atoms in total. The number of methoxy groups -OCH3 is 1. The number of ether oxygens (including phenoxy) is 1. The molecule has 0 aliphatic carbocycles. The number of hydrogen-bond acceptors (Lipinski definition) is 2. The molecular weight excluding hydrogens is 226 g/mol. The molecule has 3 heteroatoms. The van der Waals surface area contributed by atoms with Crippen molar-refractivity contribution in [3.8, 4) is 0 Å². The molecule has 0 atom stereocenters. The largest absolute Gasteiger partial charge is 0.453 e. The summed E-state index contributed by atoms with van der Waals surface area (Å²) in [5.41, 5.74) is 1.80. The smallest absolute Gasteiger partial charge is 0.411 e. The van der Waals surface area contributed by atoms with Crippen molar-refractivity contribution in [2.24, 2.45) is 5.92 Å². The van der Waals surface area contributed by atoms with Crippen LogP contribution in [0.1, 0.15) is 40.2 Å². The minimum atomic E-state index is -0.440. The summed E-state index contributed by atoms with van der Waals surface area (Å²) in [6.07, 6.45) is -0.440. The lowest BCUT2D eigenvalue weighted by molar-refractivity contribution is 0.187. The molecule has 0 aliphatic rings. The predicted octanol–water partition coefficient (Wildman–Crippen LogP) is 4.86. The lowest BCUT2D eigenvalue weighted by Gasteiger charge is -2.05. The number of hydrogen-bond donors (Lipinski definition) is 1. The maximum absolute atomic E-state index is 10.8. The van der Waals surface area contributed by atoms with E-state index in [9.17, 15) is 4.79 Å². The standard InChI is InChI=1S/C9H11NO2.C4H10.C2H6/c1-7-5-3-4-6-8(7)10-9(11)12-2;1-4(2)3;1-2/h3-6H,1-2H3,(H,10,11);4H,1-3H3;1-2H3. The van der Waals surface area contributed by atoms with Crippen LogP contribution in [0.5, 0.6) is 0 Å². The number of para-hydroxylation sites is 1. The number of anilines is 1. The highest BCUT2D eigenvalue weighted by Crippen LogP contribution is 2.12. The van der Waals surface area contributed by atoms with Crippen LogP contribution in [0.2, 0.25) is 0 Å². The molecule has 0 radical (unpaired) electrons. The van der Waals surface area contributed by atoms with E-state index in [1.807, 2.05) is 45.0 Å². The molecule has 1 rings (SSSR count). The van der Waals surface area contributed by atoms with Gasteiger partial charge in [-0.15, -0.1) is 0 Å². The first-order valence-corrected chi connectivity index (χ1v) is 6.38. The summed E-state index contributed by atoms with van der Waals surface area (Å²) in [6, 6.07) is 7.52. The molecule has 0 fully saturated rings. The quantitative estimate of drug-likeness (QED) is 0.776. The van der Waals surface area contributed by atoms with Crippen molar-refractivity contribution in [3.05, 3.63) is 29.8 Å². The molecule has 0 aliphatic heterocycles. The highest BCUT2D eigenvalue weighted by molar-refractivity contribution is 5.85. The van der Waals surface area contributed by atoms with Crippen molar-refractivity contribution in [3.63, 3.8) is 0 Å². The Kier molecular flexibility index (Phi) is 12.5. The summed E-state index contributed by atoms with van der Waals surface area (Å²) in [7, 11) is 1.34. The number of rotatable bonds is 1. The van der Waals surface area contributed by atoms with E-state index in [-0.39, 0.29) is 0 Å². The molecule has 1 aromatic carbocycles. The average molecular weight is 253 g/mol. The van der Waals surface area contributed by atoms with Crippen molar-refractivity contribution in [1.82, 2.24) is 0 Å². The van der Waals surface area contributed by atoms with Gasteiger partial charge in [-0.05, 0) is 24.5 Å². The molecule has 104 valence electrons. The number of aryl methyl sites for hydroxylation is 1. The zero-order valence-corrected chi connectivity index (χ0v) is 12.7. The van der Waals surface area contributed by atoms with Gasteiger partial charge in [0.2, 0.25) is 0 Å². The summed E-state index contributed by atoms with van der Waals surface area (Å²) >= 11 is 0.